The molecule has 0 unspecified atom stereocenters. The minimum atomic E-state index is -3.51. The first-order chi connectivity index (χ1) is 15.3. The molecule has 4 N–H and O–H groups in total. The first-order valence-corrected chi connectivity index (χ1v) is 11.2. The molecule has 0 bridgehead atoms. The summed E-state index contributed by atoms with van der Waals surface area (Å²) in [6, 6.07) is 15.8. The Bertz CT molecular complexity index is 1350. The summed E-state index contributed by atoms with van der Waals surface area (Å²) in [5.41, 5.74) is 15.8. The fraction of sp³-hybridized carbons (Fsp3) is 0.136. The van der Waals surface area contributed by atoms with Crippen LogP contribution in [0.5, 0.6) is 0 Å². The van der Waals surface area contributed by atoms with E-state index in [4.69, 9.17) is 16.0 Å². The van der Waals surface area contributed by atoms with Gasteiger partial charge in [-0.05, 0) is 17.7 Å². The molecule has 0 atom stereocenters. The molecule has 0 spiro atoms. The van der Waals surface area contributed by atoms with E-state index in [1.54, 1.807) is 18.2 Å². The van der Waals surface area contributed by atoms with Crippen molar-refractivity contribution in [1.29, 1.82) is 0 Å². The zero-order chi connectivity index (χ0) is 22.9. The number of nitrogens with zero attached hydrogens (tertiary/aromatic N) is 4. The van der Waals surface area contributed by atoms with Crippen molar-refractivity contribution in [3.05, 3.63) is 66.4 Å². The highest BCUT2D eigenvalue weighted by Crippen LogP contribution is 2.30. The first-order valence-electron chi connectivity index (χ1n) is 9.71. The Hall–Kier alpha value is -3.60. The summed E-state index contributed by atoms with van der Waals surface area (Å²) in [5, 5.41) is 4.12. The minimum Gasteiger partial charge on any atom is -0.382 e. The Labute approximate surface area is 185 Å². The molecule has 0 fully saturated rings. The number of hydrogen-bond acceptors (Lipinski definition) is 8. The van der Waals surface area contributed by atoms with Crippen molar-refractivity contribution in [2.24, 2.45) is 5.73 Å². The second kappa shape index (κ2) is 8.50. The largest absolute Gasteiger partial charge is 0.382 e. The van der Waals surface area contributed by atoms with E-state index in [9.17, 15) is 8.42 Å². The molecule has 2 aromatic carbocycles. The second-order valence-corrected chi connectivity index (χ2v) is 9.43. The monoisotopic (exact) mass is 450 g/mol. The standard InChI is InChI=1S/C22H22N6O3S/c1-28(2)32(29,30)17-9-7-16(8-10-17)19-13-25-22(24)21(26-19)20-11-18(27-31-20)15-5-3-14(12-23)4-6-15/h3-11,13H,12,23H2,1-2H3,(H2,24,25). The van der Waals surface area contributed by atoms with Gasteiger partial charge in [0.05, 0.1) is 16.8 Å². The van der Waals surface area contributed by atoms with Crippen LogP contribution in [0.4, 0.5) is 5.82 Å². The number of aromatic nitrogens is 3. The molecule has 0 aliphatic heterocycles. The van der Waals surface area contributed by atoms with Crippen molar-refractivity contribution in [3.8, 4) is 34.0 Å². The van der Waals surface area contributed by atoms with Crippen LogP contribution in [0.3, 0.4) is 0 Å². The molecule has 164 valence electrons. The number of anilines is 1. The lowest BCUT2D eigenvalue weighted by molar-refractivity contribution is 0.434. The topological polar surface area (TPSA) is 141 Å². The Kier molecular flexibility index (Phi) is 5.74. The maximum Gasteiger partial charge on any atom is 0.242 e. The third kappa shape index (κ3) is 4.11. The van der Waals surface area contributed by atoms with Gasteiger partial charge < -0.3 is 16.0 Å². The van der Waals surface area contributed by atoms with E-state index in [0.717, 1.165) is 15.4 Å². The summed E-state index contributed by atoms with van der Waals surface area (Å²) in [5.74, 6) is 0.572. The summed E-state index contributed by atoms with van der Waals surface area (Å²) >= 11 is 0. The minimum absolute atomic E-state index is 0.190. The van der Waals surface area contributed by atoms with Gasteiger partial charge in [-0.25, -0.2) is 22.7 Å². The molecule has 4 aromatic rings. The Morgan fingerprint density at radius 1 is 0.969 bits per heavy atom. The van der Waals surface area contributed by atoms with Crippen LogP contribution in [0.25, 0.3) is 34.0 Å². The highest BCUT2D eigenvalue weighted by molar-refractivity contribution is 7.89. The van der Waals surface area contributed by atoms with E-state index in [1.165, 1.54) is 32.4 Å². The summed E-state index contributed by atoms with van der Waals surface area (Å²) in [6.07, 6.45) is 1.52. The summed E-state index contributed by atoms with van der Waals surface area (Å²) in [7, 11) is -0.544. The molecule has 0 saturated carbocycles. The van der Waals surface area contributed by atoms with Crippen LogP contribution >= 0.6 is 0 Å². The smallest absolute Gasteiger partial charge is 0.242 e. The predicted octanol–water partition coefficient (Wildman–Crippen LogP) is 2.76. The average molecular weight is 451 g/mol. The molecule has 2 aromatic heterocycles. The number of rotatable bonds is 6. The molecular formula is C22H22N6O3S. The van der Waals surface area contributed by atoms with Crippen LogP contribution < -0.4 is 11.5 Å². The van der Waals surface area contributed by atoms with Gasteiger partial charge >= 0.3 is 0 Å². The van der Waals surface area contributed by atoms with Crippen LogP contribution in [-0.4, -0.2) is 41.9 Å². The third-order valence-corrected chi connectivity index (χ3v) is 6.79. The fourth-order valence-electron chi connectivity index (χ4n) is 3.06. The van der Waals surface area contributed by atoms with Crippen molar-refractivity contribution in [2.75, 3.05) is 19.8 Å². The lowest BCUT2D eigenvalue weighted by atomic mass is 10.1. The van der Waals surface area contributed by atoms with Gasteiger partial charge in [0, 0.05) is 37.8 Å². The zero-order valence-electron chi connectivity index (χ0n) is 17.6. The second-order valence-electron chi connectivity index (χ2n) is 7.28. The van der Waals surface area contributed by atoms with Gasteiger partial charge in [-0.1, -0.05) is 41.6 Å². The van der Waals surface area contributed by atoms with Crippen molar-refractivity contribution in [3.63, 3.8) is 0 Å². The van der Waals surface area contributed by atoms with Gasteiger partial charge in [0.25, 0.3) is 0 Å². The third-order valence-electron chi connectivity index (χ3n) is 4.96. The summed E-state index contributed by atoms with van der Waals surface area (Å²) in [6.45, 7) is 0.464. The number of benzene rings is 2. The van der Waals surface area contributed by atoms with Crippen LogP contribution in [0, 0.1) is 0 Å². The van der Waals surface area contributed by atoms with Gasteiger partial charge in [0.2, 0.25) is 10.0 Å². The lowest BCUT2D eigenvalue weighted by Gasteiger charge is -2.11. The van der Waals surface area contributed by atoms with E-state index in [2.05, 4.69) is 15.1 Å². The van der Waals surface area contributed by atoms with Crippen LogP contribution in [0.15, 0.2) is 70.2 Å². The predicted molar refractivity (Wildman–Crippen MR) is 122 cm³/mol. The fourth-order valence-corrected chi connectivity index (χ4v) is 3.96. The van der Waals surface area contributed by atoms with Crippen molar-refractivity contribution < 1.29 is 12.9 Å². The highest BCUT2D eigenvalue weighted by atomic mass is 32.2. The van der Waals surface area contributed by atoms with Crippen molar-refractivity contribution in [1.82, 2.24) is 19.4 Å². The van der Waals surface area contributed by atoms with E-state index < -0.39 is 10.0 Å². The molecule has 10 heteroatoms. The summed E-state index contributed by atoms with van der Waals surface area (Å²) in [4.78, 5) is 8.99. The molecule has 4 rings (SSSR count). The zero-order valence-corrected chi connectivity index (χ0v) is 18.4. The molecule has 9 nitrogen and oxygen atoms in total. The normalized spacial score (nSPS) is 11.8. The van der Waals surface area contributed by atoms with Gasteiger partial charge in [0.1, 0.15) is 5.69 Å². The van der Waals surface area contributed by atoms with Crippen LogP contribution in [0.1, 0.15) is 5.56 Å². The number of hydrogen-bond donors (Lipinski definition) is 2. The van der Waals surface area contributed by atoms with Gasteiger partial charge in [-0.3, -0.25) is 0 Å². The van der Waals surface area contributed by atoms with Gasteiger partial charge in [-0.2, -0.15) is 0 Å². The molecule has 32 heavy (non-hydrogen) atoms. The van der Waals surface area contributed by atoms with Crippen LogP contribution in [-0.2, 0) is 16.6 Å². The quantitative estimate of drug-likeness (QED) is 0.457. The SMILES string of the molecule is CN(C)S(=O)(=O)c1ccc(-c2cnc(N)c(-c3cc(-c4ccc(CN)cc4)no3)n2)cc1. The molecule has 0 saturated heterocycles. The first kappa shape index (κ1) is 21.6. The molecule has 0 radical (unpaired) electrons. The van der Waals surface area contributed by atoms with Gasteiger partial charge in [-0.15, -0.1) is 0 Å². The Morgan fingerprint density at radius 3 is 2.22 bits per heavy atom. The van der Waals surface area contributed by atoms with E-state index in [-0.39, 0.29) is 10.7 Å². The Morgan fingerprint density at radius 2 is 1.59 bits per heavy atom. The van der Waals surface area contributed by atoms with Crippen molar-refractivity contribution in [2.45, 2.75) is 11.4 Å². The lowest BCUT2D eigenvalue weighted by Crippen LogP contribution is -2.22. The number of sulfonamides is 1. The number of nitrogens with two attached hydrogens (primary N) is 2. The highest BCUT2D eigenvalue weighted by Gasteiger charge is 2.18. The van der Waals surface area contributed by atoms with Crippen molar-refractivity contribution >= 4 is 15.8 Å². The molecule has 0 amide bonds. The Balaban J connectivity index is 1.66. The van der Waals surface area contributed by atoms with Crippen LogP contribution in [0.2, 0.25) is 0 Å². The maximum absolute atomic E-state index is 12.3. The van der Waals surface area contributed by atoms with Gasteiger partial charge in [0.15, 0.2) is 17.3 Å². The molecular weight excluding hydrogens is 428 g/mol. The molecule has 2 heterocycles. The maximum atomic E-state index is 12.3. The average Bonchev–Trinajstić information content (AvgIpc) is 3.29. The molecule has 0 aliphatic carbocycles. The van der Waals surface area contributed by atoms with E-state index in [0.29, 0.717) is 35.0 Å². The summed E-state index contributed by atoms with van der Waals surface area (Å²) < 4.78 is 31.2. The van der Waals surface area contributed by atoms with E-state index in [1.807, 2.05) is 24.3 Å². The van der Waals surface area contributed by atoms with E-state index >= 15 is 0 Å². The molecule has 0 aliphatic rings. The number of nitrogen functional groups attached to an aromatic ring is 1.